The first-order valence-corrected chi connectivity index (χ1v) is 6.80. The minimum Gasteiger partial charge on any atom is -0.383 e. The summed E-state index contributed by atoms with van der Waals surface area (Å²) >= 11 is 1.36. The Morgan fingerprint density at radius 3 is 2.63 bits per heavy atom. The van der Waals surface area contributed by atoms with Crippen LogP contribution in [0.3, 0.4) is 0 Å². The summed E-state index contributed by atoms with van der Waals surface area (Å²) in [7, 11) is 0. The minimum atomic E-state index is -0.250. The van der Waals surface area contributed by atoms with Crippen LogP contribution in [-0.2, 0) is 0 Å². The molecule has 0 saturated carbocycles. The number of hydrogen-bond acceptors (Lipinski definition) is 5. The molecule has 6 heteroatoms. The van der Waals surface area contributed by atoms with Crippen molar-refractivity contribution in [2.75, 3.05) is 5.73 Å². The molecule has 0 aliphatic rings. The lowest BCUT2D eigenvalue weighted by Crippen LogP contribution is -2.09. The third-order valence-corrected chi connectivity index (χ3v) is 3.60. The highest BCUT2D eigenvalue weighted by molar-refractivity contribution is 7.99. The van der Waals surface area contributed by atoms with Crippen molar-refractivity contribution in [1.82, 2.24) is 9.97 Å². The second kappa shape index (κ2) is 5.90. The van der Waals surface area contributed by atoms with Gasteiger partial charge in [-0.2, -0.15) is 0 Å². The van der Waals surface area contributed by atoms with E-state index in [4.69, 9.17) is 11.5 Å². The Morgan fingerprint density at radius 2 is 2.05 bits per heavy atom. The zero-order valence-corrected chi connectivity index (χ0v) is 11.4. The van der Waals surface area contributed by atoms with Crippen molar-refractivity contribution in [2.24, 2.45) is 5.73 Å². The highest BCUT2D eigenvalue weighted by atomic mass is 32.2. The molecule has 0 fully saturated rings. The number of nitrogens with one attached hydrogen (secondary N) is 1. The highest BCUT2D eigenvalue weighted by Gasteiger charge is 2.05. The fourth-order valence-electron chi connectivity index (χ4n) is 1.63. The minimum absolute atomic E-state index is 0.0596. The molecule has 0 aliphatic heterocycles. The second-order valence-electron chi connectivity index (χ2n) is 4.16. The zero-order valence-electron chi connectivity index (χ0n) is 10.6. The van der Waals surface area contributed by atoms with E-state index in [0.29, 0.717) is 5.16 Å². The van der Waals surface area contributed by atoms with E-state index in [2.05, 4.69) is 16.9 Å². The molecule has 2 rings (SSSR count). The van der Waals surface area contributed by atoms with Crippen LogP contribution in [-0.4, -0.2) is 9.97 Å². The van der Waals surface area contributed by atoms with Crippen LogP contribution in [0.4, 0.5) is 5.82 Å². The van der Waals surface area contributed by atoms with Crippen LogP contribution in [0.15, 0.2) is 45.2 Å². The number of anilines is 1. The van der Waals surface area contributed by atoms with E-state index in [9.17, 15) is 4.79 Å². The zero-order chi connectivity index (χ0) is 13.8. The SMILES string of the molecule is CC[C@H](N)c1ccc(Sc2nc(N)cc(=O)[nH]2)cc1. The summed E-state index contributed by atoms with van der Waals surface area (Å²) < 4.78 is 0. The van der Waals surface area contributed by atoms with Crippen molar-refractivity contribution in [1.29, 1.82) is 0 Å². The smallest absolute Gasteiger partial charge is 0.253 e. The number of rotatable bonds is 4. The average molecular weight is 276 g/mol. The van der Waals surface area contributed by atoms with Crippen LogP contribution in [0, 0.1) is 0 Å². The molecule has 0 spiro atoms. The number of aromatic amines is 1. The van der Waals surface area contributed by atoms with Crippen LogP contribution in [0.25, 0.3) is 0 Å². The number of benzene rings is 1. The van der Waals surface area contributed by atoms with Crippen molar-refractivity contribution < 1.29 is 0 Å². The lowest BCUT2D eigenvalue weighted by atomic mass is 10.1. The maximum absolute atomic E-state index is 11.3. The van der Waals surface area contributed by atoms with Gasteiger partial charge in [0.25, 0.3) is 5.56 Å². The summed E-state index contributed by atoms with van der Waals surface area (Å²) in [6, 6.07) is 9.21. The summed E-state index contributed by atoms with van der Waals surface area (Å²) in [6.07, 6.45) is 0.899. The van der Waals surface area contributed by atoms with E-state index in [1.807, 2.05) is 24.3 Å². The van der Waals surface area contributed by atoms with Crippen LogP contribution in [0.2, 0.25) is 0 Å². The molecule has 5 N–H and O–H groups in total. The molecule has 0 unspecified atom stereocenters. The van der Waals surface area contributed by atoms with Gasteiger partial charge in [-0.25, -0.2) is 4.98 Å². The average Bonchev–Trinajstić information content (AvgIpc) is 2.37. The van der Waals surface area contributed by atoms with Gasteiger partial charge in [0.15, 0.2) is 5.16 Å². The van der Waals surface area contributed by atoms with Crippen molar-refractivity contribution in [2.45, 2.75) is 29.4 Å². The quantitative estimate of drug-likeness (QED) is 0.741. The largest absolute Gasteiger partial charge is 0.383 e. The number of nitrogens with zero attached hydrogens (tertiary/aromatic N) is 1. The third-order valence-electron chi connectivity index (χ3n) is 2.70. The van der Waals surface area contributed by atoms with Gasteiger partial charge in [0.2, 0.25) is 0 Å². The van der Waals surface area contributed by atoms with Gasteiger partial charge in [0, 0.05) is 17.0 Å². The van der Waals surface area contributed by atoms with Gasteiger partial charge in [0.05, 0.1) is 0 Å². The predicted octanol–water partition coefficient (Wildman–Crippen LogP) is 1.91. The van der Waals surface area contributed by atoms with Gasteiger partial charge in [-0.1, -0.05) is 30.8 Å². The number of nitrogen functional groups attached to an aromatic ring is 1. The number of nitrogens with two attached hydrogens (primary N) is 2. The molecule has 1 aromatic carbocycles. The van der Waals surface area contributed by atoms with Crippen LogP contribution in [0.5, 0.6) is 0 Å². The Morgan fingerprint density at radius 1 is 1.37 bits per heavy atom. The standard InChI is InChI=1S/C13H16N4OS/c1-2-10(14)8-3-5-9(6-4-8)19-13-16-11(15)7-12(18)17-13/h3-7,10H,2,14H2,1H3,(H3,15,16,17,18)/t10-/m0/s1. The lowest BCUT2D eigenvalue weighted by Gasteiger charge is -2.09. The fourth-order valence-corrected chi connectivity index (χ4v) is 2.43. The predicted molar refractivity (Wildman–Crippen MR) is 77.1 cm³/mol. The lowest BCUT2D eigenvalue weighted by molar-refractivity contribution is 0.698. The normalized spacial score (nSPS) is 12.3. The first kappa shape index (κ1) is 13.6. The Hall–Kier alpha value is -1.79. The summed E-state index contributed by atoms with van der Waals surface area (Å²) in [4.78, 5) is 19.0. The Bertz CT molecular complexity index is 609. The van der Waals surface area contributed by atoms with Gasteiger partial charge in [0.1, 0.15) is 5.82 Å². The molecule has 0 bridgehead atoms. The molecular weight excluding hydrogens is 260 g/mol. The number of aromatic nitrogens is 2. The summed E-state index contributed by atoms with van der Waals surface area (Å²) in [5.74, 6) is 0.218. The monoisotopic (exact) mass is 276 g/mol. The molecule has 0 radical (unpaired) electrons. The molecule has 2 aromatic rings. The molecule has 1 heterocycles. The van der Waals surface area contributed by atoms with Crippen molar-refractivity contribution in [3.63, 3.8) is 0 Å². The van der Waals surface area contributed by atoms with E-state index in [1.54, 1.807) is 0 Å². The van der Waals surface area contributed by atoms with E-state index in [-0.39, 0.29) is 17.4 Å². The molecule has 100 valence electrons. The van der Waals surface area contributed by atoms with Gasteiger partial charge >= 0.3 is 0 Å². The van der Waals surface area contributed by atoms with Gasteiger partial charge in [-0.05, 0) is 24.1 Å². The molecule has 19 heavy (non-hydrogen) atoms. The second-order valence-corrected chi connectivity index (χ2v) is 5.22. The van der Waals surface area contributed by atoms with Crippen LogP contribution < -0.4 is 17.0 Å². The summed E-state index contributed by atoms with van der Waals surface area (Å²) in [6.45, 7) is 2.05. The van der Waals surface area contributed by atoms with E-state index in [1.165, 1.54) is 17.8 Å². The fraction of sp³-hybridized carbons (Fsp3) is 0.231. The van der Waals surface area contributed by atoms with Crippen molar-refractivity contribution >= 4 is 17.6 Å². The van der Waals surface area contributed by atoms with Gasteiger partial charge < -0.3 is 16.5 Å². The van der Waals surface area contributed by atoms with Crippen molar-refractivity contribution in [3.05, 3.63) is 46.2 Å². The van der Waals surface area contributed by atoms with E-state index in [0.717, 1.165) is 16.9 Å². The third kappa shape index (κ3) is 3.59. The molecule has 1 aromatic heterocycles. The maximum Gasteiger partial charge on any atom is 0.253 e. The molecule has 1 atom stereocenters. The van der Waals surface area contributed by atoms with Gasteiger partial charge in [-0.3, -0.25) is 4.79 Å². The first-order chi connectivity index (χ1) is 9.08. The molecule has 0 saturated heterocycles. The Labute approximate surface area is 115 Å². The number of H-pyrrole nitrogens is 1. The molecular formula is C13H16N4OS. The number of hydrogen-bond donors (Lipinski definition) is 3. The van der Waals surface area contributed by atoms with Crippen LogP contribution in [0.1, 0.15) is 24.9 Å². The topological polar surface area (TPSA) is 97.8 Å². The Kier molecular flexibility index (Phi) is 4.24. The van der Waals surface area contributed by atoms with Gasteiger partial charge in [-0.15, -0.1) is 0 Å². The Balaban J connectivity index is 2.17. The van der Waals surface area contributed by atoms with Crippen molar-refractivity contribution in [3.8, 4) is 0 Å². The molecule has 0 aliphatic carbocycles. The summed E-state index contributed by atoms with van der Waals surface area (Å²) in [5, 5.41) is 0.484. The maximum atomic E-state index is 11.3. The molecule has 0 amide bonds. The first-order valence-electron chi connectivity index (χ1n) is 5.98. The summed E-state index contributed by atoms with van der Waals surface area (Å²) in [5.41, 5.74) is 12.3. The van der Waals surface area contributed by atoms with Crippen LogP contribution >= 0.6 is 11.8 Å². The molecule has 5 nitrogen and oxygen atoms in total. The van der Waals surface area contributed by atoms with E-state index < -0.39 is 0 Å². The highest BCUT2D eigenvalue weighted by Crippen LogP contribution is 2.25. The van der Waals surface area contributed by atoms with E-state index >= 15 is 0 Å².